The zero-order valence-corrected chi connectivity index (χ0v) is 15.6. The van der Waals surface area contributed by atoms with Crippen molar-refractivity contribution in [2.75, 3.05) is 18.8 Å². The third-order valence-corrected chi connectivity index (χ3v) is 4.59. The second kappa shape index (κ2) is 8.96. The number of rotatable bonds is 7. The minimum atomic E-state index is -0.142. The Kier molecular flexibility index (Phi) is 7.62. The number of hydrogen-bond acceptors (Lipinski definition) is 3. The molecule has 0 fully saturated rings. The van der Waals surface area contributed by atoms with Gasteiger partial charge in [0.25, 0.3) is 0 Å². The summed E-state index contributed by atoms with van der Waals surface area (Å²) in [5.41, 5.74) is 2.50. The highest BCUT2D eigenvalue weighted by atomic mass is 32.2. The molecule has 1 rings (SSSR count). The van der Waals surface area contributed by atoms with Crippen LogP contribution in [0.3, 0.4) is 0 Å². The van der Waals surface area contributed by atoms with Gasteiger partial charge in [-0.3, -0.25) is 9.59 Å². The summed E-state index contributed by atoms with van der Waals surface area (Å²) in [6, 6.07) is 6.39. The molecule has 0 aromatic heterocycles. The zero-order valence-electron chi connectivity index (χ0n) is 14.8. The molecule has 4 nitrogen and oxygen atoms in total. The van der Waals surface area contributed by atoms with Crippen LogP contribution in [0.4, 0.5) is 0 Å². The fraction of sp³-hybridized carbons (Fsp3) is 0.556. The van der Waals surface area contributed by atoms with Gasteiger partial charge in [-0.05, 0) is 36.0 Å². The Balaban J connectivity index is 2.51. The highest BCUT2D eigenvalue weighted by molar-refractivity contribution is 8.00. The topological polar surface area (TPSA) is 58.2 Å². The molecule has 0 saturated carbocycles. The molecular formula is C18H28N2O2S. The van der Waals surface area contributed by atoms with E-state index in [0.29, 0.717) is 12.3 Å². The molecule has 0 aliphatic heterocycles. The van der Waals surface area contributed by atoms with Gasteiger partial charge in [0.15, 0.2) is 0 Å². The molecule has 1 aromatic rings. The van der Waals surface area contributed by atoms with Gasteiger partial charge in [0.05, 0.1) is 12.3 Å². The Morgan fingerprint density at radius 3 is 2.43 bits per heavy atom. The Morgan fingerprint density at radius 2 is 1.83 bits per heavy atom. The van der Waals surface area contributed by atoms with Gasteiger partial charge in [0, 0.05) is 11.4 Å². The first-order valence-corrected chi connectivity index (χ1v) is 9.00. The number of amides is 2. The molecule has 2 amide bonds. The highest BCUT2D eigenvalue weighted by Crippen LogP contribution is 2.29. The van der Waals surface area contributed by atoms with E-state index in [-0.39, 0.29) is 23.8 Å². The van der Waals surface area contributed by atoms with E-state index >= 15 is 0 Å². The number of hydrogen-bond donors (Lipinski definition) is 2. The second-order valence-electron chi connectivity index (χ2n) is 6.65. The summed E-state index contributed by atoms with van der Waals surface area (Å²) in [7, 11) is 0. The minimum Gasteiger partial charge on any atom is -0.355 e. The van der Waals surface area contributed by atoms with Gasteiger partial charge in [0.1, 0.15) is 0 Å². The first kappa shape index (κ1) is 19.6. The van der Waals surface area contributed by atoms with Gasteiger partial charge in [0.2, 0.25) is 11.8 Å². The summed E-state index contributed by atoms with van der Waals surface area (Å²) < 4.78 is 0. The molecule has 5 heteroatoms. The normalized spacial score (nSPS) is 11.2. The van der Waals surface area contributed by atoms with Crippen molar-refractivity contribution in [3.8, 4) is 0 Å². The van der Waals surface area contributed by atoms with Gasteiger partial charge in [-0.15, -0.1) is 11.8 Å². The van der Waals surface area contributed by atoms with Crippen molar-refractivity contribution in [3.05, 3.63) is 29.3 Å². The first-order chi connectivity index (χ1) is 10.7. The molecule has 0 radical (unpaired) electrons. The van der Waals surface area contributed by atoms with Gasteiger partial charge < -0.3 is 10.6 Å². The van der Waals surface area contributed by atoms with Crippen LogP contribution in [0.2, 0.25) is 0 Å². The fourth-order valence-electron chi connectivity index (χ4n) is 1.92. The van der Waals surface area contributed by atoms with E-state index in [4.69, 9.17) is 0 Å². The molecule has 23 heavy (non-hydrogen) atoms. The quantitative estimate of drug-likeness (QED) is 0.753. The van der Waals surface area contributed by atoms with Crippen LogP contribution < -0.4 is 10.6 Å². The van der Waals surface area contributed by atoms with Crippen LogP contribution in [0.1, 0.15) is 45.2 Å². The monoisotopic (exact) mass is 336 g/mol. The zero-order chi connectivity index (χ0) is 17.5. The molecule has 0 aliphatic rings. The smallest absolute Gasteiger partial charge is 0.239 e. The van der Waals surface area contributed by atoms with E-state index in [1.54, 1.807) is 0 Å². The molecule has 0 unspecified atom stereocenters. The molecule has 0 atom stereocenters. The van der Waals surface area contributed by atoms with Crippen LogP contribution in [0.25, 0.3) is 0 Å². The maximum absolute atomic E-state index is 11.9. The predicted octanol–water partition coefficient (Wildman–Crippen LogP) is 3.03. The van der Waals surface area contributed by atoms with Crippen LogP contribution in [0, 0.1) is 6.92 Å². The Morgan fingerprint density at radius 1 is 1.13 bits per heavy atom. The van der Waals surface area contributed by atoms with Crippen LogP contribution in [0.5, 0.6) is 0 Å². The van der Waals surface area contributed by atoms with E-state index in [2.05, 4.69) is 49.6 Å². The molecule has 0 spiro atoms. The summed E-state index contributed by atoms with van der Waals surface area (Å²) in [4.78, 5) is 24.4. The van der Waals surface area contributed by atoms with Crippen molar-refractivity contribution < 1.29 is 9.59 Å². The summed E-state index contributed by atoms with van der Waals surface area (Å²) in [6.45, 7) is 11.2. The summed E-state index contributed by atoms with van der Waals surface area (Å²) in [5, 5.41) is 5.39. The maximum Gasteiger partial charge on any atom is 0.239 e. The van der Waals surface area contributed by atoms with E-state index in [1.165, 1.54) is 17.3 Å². The van der Waals surface area contributed by atoms with Gasteiger partial charge >= 0.3 is 0 Å². The van der Waals surface area contributed by atoms with E-state index in [9.17, 15) is 9.59 Å². The lowest BCUT2D eigenvalue weighted by molar-refractivity contribution is -0.124. The fourth-order valence-corrected chi connectivity index (χ4v) is 2.82. The van der Waals surface area contributed by atoms with Gasteiger partial charge in [-0.1, -0.05) is 39.8 Å². The van der Waals surface area contributed by atoms with Gasteiger partial charge in [-0.25, -0.2) is 0 Å². The lowest BCUT2D eigenvalue weighted by Crippen LogP contribution is -2.37. The van der Waals surface area contributed by atoms with Crippen molar-refractivity contribution in [1.29, 1.82) is 0 Å². The molecular weight excluding hydrogens is 308 g/mol. The van der Waals surface area contributed by atoms with Crippen molar-refractivity contribution in [1.82, 2.24) is 10.6 Å². The summed E-state index contributed by atoms with van der Waals surface area (Å²) in [6.07, 6.45) is 0.888. The summed E-state index contributed by atoms with van der Waals surface area (Å²) in [5.74, 6) is 0.0495. The largest absolute Gasteiger partial charge is 0.355 e. The molecule has 128 valence electrons. The van der Waals surface area contributed by atoms with Crippen LogP contribution >= 0.6 is 11.8 Å². The highest BCUT2D eigenvalue weighted by Gasteiger charge is 2.15. The molecule has 0 saturated heterocycles. The average molecular weight is 337 g/mol. The lowest BCUT2D eigenvalue weighted by atomic mass is 9.87. The SMILES string of the molecule is CCCNC(=O)CNC(=O)CSc1cc(C(C)(C)C)ccc1C. The van der Waals surface area contributed by atoms with Crippen molar-refractivity contribution in [2.45, 2.75) is 51.3 Å². The molecule has 0 heterocycles. The van der Waals surface area contributed by atoms with Crippen LogP contribution in [-0.4, -0.2) is 30.7 Å². The average Bonchev–Trinajstić information content (AvgIpc) is 2.48. The molecule has 2 N–H and O–H groups in total. The van der Waals surface area contributed by atoms with Crippen molar-refractivity contribution in [2.24, 2.45) is 0 Å². The van der Waals surface area contributed by atoms with Crippen LogP contribution in [-0.2, 0) is 15.0 Å². The van der Waals surface area contributed by atoms with Crippen molar-refractivity contribution in [3.63, 3.8) is 0 Å². The van der Waals surface area contributed by atoms with Crippen molar-refractivity contribution >= 4 is 23.6 Å². The number of carbonyl (C=O) groups excluding carboxylic acids is 2. The summed E-state index contributed by atoms with van der Waals surface area (Å²) >= 11 is 1.51. The van der Waals surface area contributed by atoms with Gasteiger partial charge in [-0.2, -0.15) is 0 Å². The van der Waals surface area contributed by atoms with Crippen LogP contribution in [0.15, 0.2) is 23.1 Å². The minimum absolute atomic E-state index is 0.0421. The predicted molar refractivity (Wildman–Crippen MR) is 96.9 cm³/mol. The number of nitrogens with one attached hydrogen (secondary N) is 2. The molecule has 0 aliphatic carbocycles. The molecule has 0 bridgehead atoms. The number of benzene rings is 1. The first-order valence-electron chi connectivity index (χ1n) is 8.01. The second-order valence-corrected chi connectivity index (χ2v) is 7.66. The number of thioether (sulfide) groups is 1. The number of aryl methyl sites for hydroxylation is 1. The standard InChI is InChI=1S/C18H28N2O2S/c1-6-9-19-16(21)11-20-17(22)12-23-15-10-14(18(3,4)5)8-7-13(15)2/h7-8,10H,6,9,11-12H2,1-5H3,(H,19,21)(H,20,22). The van der Waals surface area contributed by atoms with E-state index < -0.39 is 0 Å². The van der Waals surface area contributed by atoms with E-state index in [0.717, 1.165) is 16.9 Å². The van der Waals surface area contributed by atoms with E-state index in [1.807, 2.05) is 13.8 Å². The Bertz CT molecular complexity index is 550. The maximum atomic E-state index is 11.9. The lowest BCUT2D eigenvalue weighted by Gasteiger charge is -2.20. The third-order valence-electron chi connectivity index (χ3n) is 3.43. The molecule has 1 aromatic carbocycles. The Labute approximate surface area is 143 Å². The Hall–Kier alpha value is -1.49. The third kappa shape index (κ3) is 7.08. The number of carbonyl (C=O) groups is 2.